The molecule has 1 fully saturated rings. The molecule has 0 aliphatic heterocycles. The quantitative estimate of drug-likeness (QED) is 0.713. The van der Waals surface area contributed by atoms with Crippen LogP contribution in [0.4, 0.5) is 0 Å². The van der Waals surface area contributed by atoms with Gasteiger partial charge in [0.25, 0.3) is 0 Å². The number of nitrogens with zero attached hydrogens (tertiary/aromatic N) is 2. The minimum absolute atomic E-state index is 0.0313. The zero-order valence-electron chi connectivity index (χ0n) is 12.8. The Balaban J connectivity index is 1.86. The Morgan fingerprint density at radius 3 is 2.62 bits per heavy atom. The molecule has 1 aromatic heterocycles. The second-order valence-electron chi connectivity index (χ2n) is 5.35. The summed E-state index contributed by atoms with van der Waals surface area (Å²) in [6.07, 6.45) is 1.64. The van der Waals surface area contributed by atoms with Gasteiger partial charge in [0, 0.05) is 16.4 Å². The lowest BCUT2D eigenvalue weighted by molar-refractivity contribution is 0.0594. The van der Waals surface area contributed by atoms with Gasteiger partial charge < -0.3 is 4.74 Å². The molecule has 9 heteroatoms. The van der Waals surface area contributed by atoms with Gasteiger partial charge in [0.05, 0.1) is 18.6 Å². The molecule has 0 amide bonds. The number of sulfonamides is 1. The second kappa shape index (κ2) is 6.79. The first-order valence-corrected chi connectivity index (χ1v) is 9.91. The van der Waals surface area contributed by atoms with Crippen LogP contribution in [0.3, 0.4) is 0 Å². The molecule has 0 saturated heterocycles. The average molecular weight is 387 g/mol. The van der Waals surface area contributed by atoms with E-state index in [1.807, 2.05) is 0 Å². The number of carbonyl (C=O) groups excluding carboxylic acids is 1. The normalized spacial score (nSPS) is 14.8. The number of methoxy groups -OCH3 is 1. The third-order valence-electron chi connectivity index (χ3n) is 3.61. The van der Waals surface area contributed by atoms with Crippen LogP contribution in [0.2, 0.25) is 5.02 Å². The number of hydrogen-bond donors (Lipinski definition) is 0. The molecule has 2 aromatic rings. The van der Waals surface area contributed by atoms with Crippen molar-refractivity contribution in [2.45, 2.75) is 30.3 Å². The molecule has 3 rings (SSSR count). The molecular weight excluding hydrogens is 372 g/mol. The van der Waals surface area contributed by atoms with E-state index in [-0.39, 0.29) is 23.2 Å². The van der Waals surface area contributed by atoms with Gasteiger partial charge >= 0.3 is 5.97 Å². The minimum atomic E-state index is -3.64. The van der Waals surface area contributed by atoms with Gasteiger partial charge in [0.15, 0.2) is 5.69 Å². The van der Waals surface area contributed by atoms with Gasteiger partial charge in [0.2, 0.25) is 10.0 Å². The van der Waals surface area contributed by atoms with E-state index in [1.54, 1.807) is 17.5 Å². The monoisotopic (exact) mass is 386 g/mol. The van der Waals surface area contributed by atoms with E-state index in [9.17, 15) is 13.2 Å². The van der Waals surface area contributed by atoms with Crippen molar-refractivity contribution in [3.05, 3.63) is 45.4 Å². The molecule has 128 valence electrons. The van der Waals surface area contributed by atoms with Crippen LogP contribution in [-0.4, -0.2) is 36.8 Å². The molecule has 1 aliphatic rings. The lowest BCUT2D eigenvalue weighted by Gasteiger charge is -2.20. The Kier molecular flexibility index (Phi) is 4.91. The lowest BCUT2D eigenvalue weighted by Crippen LogP contribution is -2.32. The topological polar surface area (TPSA) is 76.6 Å². The Labute approximate surface area is 149 Å². The molecule has 1 aromatic carbocycles. The summed E-state index contributed by atoms with van der Waals surface area (Å²) in [7, 11) is -2.36. The first-order chi connectivity index (χ1) is 11.4. The molecule has 0 atom stereocenters. The third kappa shape index (κ3) is 3.61. The number of carbonyl (C=O) groups is 1. The van der Waals surface area contributed by atoms with Crippen molar-refractivity contribution in [2.24, 2.45) is 0 Å². The maximum absolute atomic E-state index is 12.9. The summed E-state index contributed by atoms with van der Waals surface area (Å²) in [6, 6.07) is 6.07. The Hall–Kier alpha value is -1.48. The Morgan fingerprint density at radius 1 is 1.38 bits per heavy atom. The van der Waals surface area contributed by atoms with Crippen LogP contribution in [0.1, 0.15) is 28.3 Å². The van der Waals surface area contributed by atoms with E-state index >= 15 is 0 Å². The summed E-state index contributed by atoms with van der Waals surface area (Å²) in [6.45, 7) is 0.136. The number of hydrogen-bond acceptors (Lipinski definition) is 6. The van der Waals surface area contributed by atoms with Crippen molar-refractivity contribution in [1.82, 2.24) is 9.29 Å². The van der Waals surface area contributed by atoms with Crippen LogP contribution in [0.25, 0.3) is 0 Å². The number of thiazole rings is 1. The highest BCUT2D eigenvalue weighted by Crippen LogP contribution is 2.34. The van der Waals surface area contributed by atoms with Crippen molar-refractivity contribution >= 4 is 38.9 Å². The zero-order chi connectivity index (χ0) is 17.3. The fourth-order valence-corrected chi connectivity index (χ4v) is 4.85. The zero-order valence-corrected chi connectivity index (χ0v) is 15.2. The second-order valence-corrected chi connectivity index (χ2v) is 8.62. The van der Waals surface area contributed by atoms with Crippen molar-refractivity contribution in [1.29, 1.82) is 0 Å². The molecule has 6 nitrogen and oxygen atoms in total. The predicted molar refractivity (Wildman–Crippen MR) is 90.7 cm³/mol. The van der Waals surface area contributed by atoms with Crippen LogP contribution in [0.15, 0.2) is 34.5 Å². The van der Waals surface area contributed by atoms with Gasteiger partial charge in [-0.05, 0) is 37.1 Å². The van der Waals surface area contributed by atoms with E-state index in [4.69, 9.17) is 11.6 Å². The van der Waals surface area contributed by atoms with Gasteiger partial charge in [-0.15, -0.1) is 11.3 Å². The highest BCUT2D eigenvalue weighted by molar-refractivity contribution is 7.89. The summed E-state index contributed by atoms with van der Waals surface area (Å²) in [4.78, 5) is 15.9. The average Bonchev–Trinajstić information content (AvgIpc) is 3.29. The van der Waals surface area contributed by atoms with Crippen LogP contribution in [0, 0.1) is 0 Å². The number of rotatable bonds is 6. The standard InChI is InChI=1S/C15H15ClN2O4S2/c1-22-15(19)13-9-23-14(17-13)8-18(11-4-5-11)24(20,21)12-6-2-10(16)3-7-12/h2-3,6-7,9,11H,4-5,8H2,1H3. The SMILES string of the molecule is COC(=O)c1csc(CN(C2CC2)S(=O)(=O)c2ccc(Cl)cc2)n1. The molecule has 0 unspecified atom stereocenters. The van der Waals surface area contributed by atoms with Gasteiger partial charge in [-0.1, -0.05) is 11.6 Å². The molecule has 1 aliphatic carbocycles. The molecule has 1 saturated carbocycles. The Bertz CT molecular complexity index is 845. The largest absolute Gasteiger partial charge is 0.464 e. The van der Waals surface area contributed by atoms with Crippen LogP contribution in [0.5, 0.6) is 0 Å². The molecule has 0 radical (unpaired) electrons. The van der Waals surface area contributed by atoms with E-state index < -0.39 is 16.0 Å². The van der Waals surface area contributed by atoms with Crippen LogP contribution >= 0.6 is 22.9 Å². The Morgan fingerprint density at radius 2 is 2.04 bits per heavy atom. The van der Waals surface area contributed by atoms with Gasteiger partial charge in [-0.25, -0.2) is 18.2 Å². The minimum Gasteiger partial charge on any atom is -0.464 e. The fraction of sp³-hybridized carbons (Fsp3) is 0.333. The van der Waals surface area contributed by atoms with Crippen molar-refractivity contribution in [2.75, 3.05) is 7.11 Å². The van der Waals surface area contributed by atoms with E-state index in [0.717, 1.165) is 12.8 Å². The predicted octanol–water partition coefficient (Wildman–Crippen LogP) is 2.94. The van der Waals surface area contributed by atoms with Crippen LogP contribution < -0.4 is 0 Å². The maximum Gasteiger partial charge on any atom is 0.357 e. The molecule has 1 heterocycles. The van der Waals surface area contributed by atoms with E-state index in [1.165, 1.54) is 34.9 Å². The molecule has 24 heavy (non-hydrogen) atoms. The highest BCUT2D eigenvalue weighted by Gasteiger charge is 2.38. The summed E-state index contributed by atoms with van der Waals surface area (Å²) >= 11 is 7.07. The van der Waals surface area contributed by atoms with Crippen molar-refractivity contribution in [3.8, 4) is 0 Å². The van der Waals surface area contributed by atoms with Crippen LogP contribution in [-0.2, 0) is 21.3 Å². The lowest BCUT2D eigenvalue weighted by atomic mass is 10.4. The first-order valence-electron chi connectivity index (χ1n) is 7.22. The summed E-state index contributed by atoms with van der Waals surface area (Å²) in [5.41, 5.74) is 0.192. The van der Waals surface area contributed by atoms with E-state index in [2.05, 4.69) is 9.72 Å². The molecular formula is C15H15ClN2O4S2. The molecule has 0 bridgehead atoms. The summed E-state index contributed by atoms with van der Waals surface area (Å²) in [5, 5.41) is 2.61. The molecule has 0 spiro atoms. The fourth-order valence-electron chi connectivity index (χ4n) is 2.23. The maximum atomic E-state index is 12.9. The first kappa shape index (κ1) is 17.3. The number of esters is 1. The number of ether oxygens (including phenoxy) is 1. The van der Waals surface area contributed by atoms with Gasteiger partial charge in [0.1, 0.15) is 5.01 Å². The highest BCUT2D eigenvalue weighted by atomic mass is 35.5. The smallest absolute Gasteiger partial charge is 0.357 e. The summed E-state index contributed by atoms with van der Waals surface area (Å²) in [5.74, 6) is -0.531. The number of halogens is 1. The molecule has 0 N–H and O–H groups in total. The third-order valence-corrected chi connectivity index (χ3v) is 6.61. The van der Waals surface area contributed by atoms with Gasteiger partial charge in [-0.3, -0.25) is 0 Å². The van der Waals surface area contributed by atoms with Crippen molar-refractivity contribution in [3.63, 3.8) is 0 Å². The van der Waals surface area contributed by atoms with Crippen molar-refractivity contribution < 1.29 is 17.9 Å². The number of aromatic nitrogens is 1. The van der Waals surface area contributed by atoms with E-state index in [0.29, 0.717) is 10.0 Å². The summed E-state index contributed by atoms with van der Waals surface area (Å²) < 4.78 is 31.9. The van der Waals surface area contributed by atoms with Gasteiger partial charge in [-0.2, -0.15) is 4.31 Å². The number of benzene rings is 1.